The summed E-state index contributed by atoms with van der Waals surface area (Å²) in [4.78, 5) is 16.8. The molecule has 6 heteroatoms. The third kappa shape index (κ3) is 5.39. The third-order valence-corrected chi connectivity index (χ3v) is 5.42. The van der Waals surface area contributed by atoms with E-state index in [1.54, 1.807) is 0 Å². The highest BCUT2D eigenvalue weighted by Crippen LogP contribution is 2.30. The van der Waals surface area contributed by atoms with Gasteiger partial charge in [-0.1, -0.05) is 60.1 Å². The maximum atomic E-state index is 12.3. The quantitative estimate of drug-likeness (QED) is 0.607. The summed E-state index contributed by atoms with van der Waals surface area (Å²) in [6.07, 6.45) is 0.0531. The predicted octanol–water partition coefficient (Wildman–Crippen LogP) is 4.63. The van der Waals surface area contributed by atoms with E-state index in [1.807, 2.05) is 66.9 Å². The highest BCUT2D eigenvalue weighted by molar-refractivity contribution is 7.13. The number of aliphatic hydroxyl groups is 1. The van der Waals surface area contributed by atoms with E-state index in [9.17, 15) is 9.90 Å². The molecule has 0 spiro atoms. The van der Waals surface area contributed by atoms with Crippen molar-refractivity contribution in [3.8, 4) is 10.6 Å². The summed E-state index contributed by atoms with van der Waals surface area (Å²) >= 11 is 7.68. The fourth-order valence-corrected chi connectivity index (χ4v) is 3.98. The highest BCUT2D eigenvalue weighted by atomic mass is 35.5. The Morgan fingerprint density at radius 3 is 2.63 bits per heavy atom. The van der Waals surface area contributed by atoms with Crippen LogP contribution in [0.5, 0.6) is 0 Å². The molecule has 0 saturated heterocycles. The molecule has 1 aromatic heterocycles. The summed E-state index contributed by atoms with van der Waals surface area (Å²) < 4.78 is 0. The van der Waals surface area contributed by atoms with E-state index >= 15 is 0 Å². The van der Waals surface area contributed by atoms with Gasteiger partial charge >= 0.3 is 0 Å². The molecule has 3 aromatic rings. The zero-order valence-corrected chi connectivity index (χ0v) is 16.5. The van der Waals surface area contributed by atoms with Gasteiger partial charge in [0.15, 0.2) is 0 Å². The van der Waals surface area contributed by atoms with Gasteiger partial charge in [-0.3, -0.25) is 4.79 Å². The van der Waals surface area contributed by atoms with Crippen molar-refractivity contribution in [1.82, 2.24) is 10.3 Å². The van der Waals surface area contributed by atoms with Gasteiger partial charge in [-0.05, 0) is 25.0 Å². The van der Waals surface area contributed by atoms with Crippen molar-refractivity contribution in [3.63, 3.8) is 0 Å². The number of rotatable bonds is 7. The molecule has 0 unspecified atom stereocenters. The molecule has 0 aliphatic heterocycles. The Hall–Kier alpha value is -2.21. The Morgan fingerprint density at radius 1 is 1.19 bits per heavy atom. The minimum atomic E-state index is -0.604. The van der Waals surface area contributed by atoms with E-state index in [4.69, 9.17) is 11.6 Å². The lowest BCUT2D eigenvalue weighted by Crippen LogP contribution is -2.34. The average Bonchev–Trinajstić information content (AvgIpc) is 3.10. The van der Waals surface area contributed by atoms with Crippen LogP contribution in [0.2, 0.25) is 5.02 Å². The lowest BCUT2D eigenvalue weighted by Gasteiger charge is -2.18. The van der Waals surface area contributed by atoms with Gasteiger partial charge in [-0.2, -0.15) is 0 Å². The molecule has 1 amide bonds. The summed E-state index contributed by atoms with van der Waals surface area (Å²) in [5.41, 5.74) is 2.43. The number of halogens is 1. The molecule has 27 heavy (non-hydrogen) atoms. The van der Waals surface area contributed by atoms with Crippen molar-refractivity contribution in [1.29, 1.82) is 0 Å². The predicted molar refractivity (Wildman–Crippen MR) is 110 cm³/mol. The maximum Gasteiger partial charge on any atom is 0.226 e. The van der Waals surface area contributed by atoms with E-state index < -0.39 is 6.10 Å². The first-order valence-electron chi connectivity index (χ1n) is 8.74. The average molecular weight is 401 g/mol. The van der Waals surface area contributed by atoms with Crippen molar-refractivity contribution in [2.45, 2.75) is 31.9 Å². The van der Waals surface area contributed by atoms with Crippen molar-refractivity contribution in [2.75, 3.05) is 0 Å². The molecule has 3 rings (SSSR count). The largest absolute Gasteiger partial charge is 0.388 e. The van der Waals surface area contributed by atoms with E-state index in [0.717, 1.165) is 16.1 Å². The number of carbonyl (C=O) groups is 1. The SMILES string of the molecule is C[C@@H](C[C@@H](O)c1ccccc1)NC(=O)Cc1csc(-c2ccccc2Cl)n1. The molecule has 2 aromatic carbocycles. The van der Waals surface area contributed by atoms with Crippen LogP contribution in [0, 0.1) is 0 Å². The van der Waals surface area contributed by atoms with Crippen LogP contribution >= 0.6 is 22.9 Å². The van der Waals surface area contributed by atoms with Crippen LogP contribution in [0.4, 0.5) is 0 Å². The molecule has 0 aliphatic rings. The molecule has 0 saturated carbocycles. The van der Waals surface area contributed by atoms with Gasteiger partial charge in [0.1, 0.15) is 5.01 Å². The number of aromatic nitrogens is 1. The molecule has 0 aliphatic carbocycles. The Bertz CT molecular complexity index is 898. The fourth-order valence-electron chi connectivity index (χ4n) is 2.84. The summed E-state index contributed by atoms with van der Waals surface area (Å²) in [6.45, 7) is 1.89. The van der Waals surface area contributed by atoms with E-state index in [2.05, 4.69) is 10.3 Å². The van der Waals surface area contributed by atoms with Gasteiger partial charge in [0, 0.05) is 17.0 Å². The standard InChI is InChI=1S/C21H21ClN2O2S/c1-14(11-19(25)15-7-3-2-4-8-15)23-20(26)12-16-13-27-21(24-16)17-9-5-6-10-18(17)22/h2-10,13-14,19,25H,11-12H2,1H3,(H,23,26)/t14-,19+/m0/s1. The van der Waals surface area contributed by atoms with Crippen molar-refractivity contribution >= 4 is 28.8 Å². The number of amides is 1. The summed E-state index contributed by atoms with van der Waals surface area (Å²) in [5.74, 6) is -0.112. The molecular formula is C21H21ClN2O2S. The van der Waals surface area contributed by atoms with Crippen molar-refractivity contribution in [2.24, 2.45) is 0 Å². The van der Waals surface area contributed by atoms with Crippen molar-refractivity contribution < 1.29 is 9.90 Å². The number of hydrogen-bond donors (Lipinski definition) is 2. The van der Waals surface area contributed by atoms with Gasteiger partial charge in [-0.25, -0.2) is 4.98 Å². The van der Waals surface area contributed by atoms with Gasteiger partial charge in [-0.15, -0.1) is 11.3 Å². The first-order chi connectivity index (χ1) is 13.0. The smallest absolute Gasteiger partial charge is 0.226 e. The maximum absolute atomic E-state index is 12.3. The molecule has 2 atom stereocenters. The van der Waals surface area contributed by atoms with Crippen LogP contribution in [0.25, 0.3) is 10.6 Å². The van der Waals surface area contributed by atoms with Crippen molar-refractivity contribution in [3.05, 3.63) is 76.3 Å². The molecule has 140 valence electrons. The van der Waals surface area contributed by atoms with Crippen LogP contribution < -0.4 is 5.32 Å². The van der Waals surface area contributed by atoms with E-state index in [0.29, 0.717) is 17.1 Å². The monoisotopic (exact) mass is 400 g/mol. The Balaban J connectivity index is 1.54. The number of hydrogen-bond acceptors (Lipinski definition) is 4. The Kier molecular flexibility index (Phi) is 6.61. The summed E-state index contributed by atoms with van der Waals surface area (Å²) in [7, 11) is 0. The zero-order chi connectivity index (χ0) is 19.2. The molecule has 4 nitrogen and oxygen atoms in total. The van der Waals surface area contributed by atoms with E-state index in [1.165, 1.54) is 11.3 Å². The lowest BCUT2D eigenvalue weighted by atomic mass is 10.0. The first-order valence-corrected chi connectivity index (χ1v) is 10.0. The number of carbonyl (C=O) groups excluding carboxylic acids is 1. The van der Waals surface area contributed by atoms with Gasteiger partial charge in [0.25, 0.3) is 0 Å². The molecular weight excluding hydrogens is 380 g/mol. The number of nitrogens with zero attached hydrogens (tertiary/aromatic N) is 1. The third-order valence-electron chi connectivity index (χ3n) is 4.17. The van der Waals surface area contributed by atoms with Gasteiger partial charge < -0.3 is 10.4 Å². The number of aliphatic hydroxyl groups excluding tert-OH is 1. The molecule has 1 heterocycles. The Labute approximate surface area is 167 Å². The summed E-state index contributed by atoms with van der Waals surface area (Å²) in [6, 6.07) is 16.8. The molecule has 0 bridgehead atoms. The van der Waals surface area contributed by atoms with Crippen LogP contribution in [0.1, 0.15) is 30.7 Å². The topological polar surface area (TPSA) is 62.2 Å². The molecule has 2 N–H and O–H groups in total. The first kappa shape index (κ1) is 19.5. The molecule has 0 radical (unpaired) electrons. The number of nitrogens with one attached hydrogen (secondary N) is 1. The lowest BCUT2D eigenvalue weighted by molar-refractivity contribution is -0.121. The normalized spacial score (nSPS) is 13.1. The summed E-state index contributed by atoms with van der Waals surface area (Å²) in [5, 5.41) is 16.5. The van der Waals surface area contributed by atoms with E-state index in [-0.39, 0.29) is 18.4 Å². The zero-order valence-electron chi connectivity index (χ0n) is 14.9. The second-order valence-corrected chi connectivity index (χ2v) is 7.70. The molecule has 0 fully saturated rings. The highest BCUT2D eigenvalue weighted by Gasteiger charge is 2.16. The minimum absolute atomic E-state index is 0.112. The number of thiazole rings is 1. The number of benzene rings is 2. The van der Waals surface area contributed by atoms with Gasteiger partial charge in [0.05, 0.1) is 23.2 Å². The van der Waals surface area contributed by atoms with Crippen LogP contribution in [0.15, 0.2) is 60.0 Å². The second-order valence-electron chi connectivity index (χ2n) is 6.43. The minimum Gasteiger partial charge on any atom is -0.388 e. The van der Waals surface area contributed by atoms with Crippen LogP contribution in [-0.4, -0.2) is 22.0 Å². The van der Waals surface area contributed by atoms with Gasteiger partial charge in [0.2, 0.25) is 5.91 Å². The second kappa shape index (κ2) is 9.13. The Morgan fingerprint density at radius 2 is 1.89 bits per heavy atom. The van der Waals surface area contributed by atoms with Crippen LogP contribution in [0.3, 0.4) is 0 Å². The fraction of sp³-hybridized carbons (Fsp3) is 0.238. The van der Waals surface area contributed by atoms with Crippen LogP contribution in [-0.2, 0) is 11.2 Å².